The summed E-state index contributed by atoms with van der Waals surface area (Å²) in [4.78, 5) is 43.7. The van der Waals surface area contributed by atoms with Crippen LogP contribution in [-0.2, 0) is 4.79 Å². The molecule has 1 atom stereocenters. The van der Waals surface area contributed by atoms with Gasteiger partial charge in [0, 0.05) is 30.2 Å². The van der Waals surface area contributed by atoms with E-state index in [0.717, 1.165) is 24.8 Å². The number of hydrogen-bond donors (Lipinski definition) is 1. The van der Waals surface area contributed by atoms with E-state index in [1.807, 2.05) is 23.2 Å². The van der Waals surface area contributed by atoms with E-state index in [2.05, 4.69) is 10.3 Å². The molecular formula is C20H20N4O3. The third-order valence-electron chi connectivity index (χ3n) is 5.05. The lowest BCUT2D eigenvalue weighted by atomic mass is 9.95. The molecule has 7 heteroatoms. The lowest BCUT2D eigenvalue weighted by molar-refractivity contribution is -0.117. The van der Waals surface area contributed by atoms with Crippen LogP contribution in [0.4, 0.5) is 10.5 Å². The van der Waals surface area contributed by atoms with Gasteiger partial charge in [-0.25, -0.2) is 4.79 Å². The topological polar surface area (TPSA) is 82.6 Å². The molecular weight excluding hydrogens is 344 g/mol. The van der Waals surface area contributed by atoms with Gasteiger partial charge < -0.3 is 4.90 Å². The van der Waals surface area contributed by atoms with E-state index in [1.165, 1.54) is 4.90 Å². The maximum absolute atomic E-state index is 13.1. The van der Waals surface area contributed by atoms with Gasteiger partial charge in [-0.1, -0.05) is 6.07 Å². The lowest BCUT2D eigenvalue weighted by Gasteiger charge is -2.36. The molecule has 2 aliphatic rings. The van der Waals surface area contributed by atoms with Crippen LogP contribution < -0.4 is 10.2 Å². The van der Waals surface area contributed by atoms with Gasteiger partial charge in [-0.3, -0.25) is 24.8 Å². The zero-order valence-electron chi connectivity index (χ0n) is 14.8. The van der Waals surface area contributed by atoms with Crippen molar-refractivity contribution in [1.82, 2.24) is 15.2 Å². The summed E-state index contributed by atoms with van der Waals surface area (Å²) >= 11 is 0. The van der Waals surface area contributed by atoms with Crippen molar-refractivity contribution in [2.75, 3.05) is 18.0 Å². The molecule has 0 bridgehead atoms. The van der Waals surface area contributed by atoms with E-state index in [-0.39, 0.29) is 24.4 Å². The Bertz CT molecular complexity index is 867. The number of urea groups is 1. The van der Waals surface area contributed by atoms with Crippen molar-refractivity contribution in [2.24, 2.45) is 0 Å². The monoisotopic (exact) mass is 364 g/mol. The van der Waals surface area contributed by atoms with Crippen LogP contribution in [0.1, 0.15) is 41.2 Å². The molecule has 3 heterocycles. The van der Waals surface area contributed by atoms with Gasteiger partial charge in [-0.2, -0.15) is 0 Å². The Balaban J connectivity index is 1.54. The molecule has 0 unspecified atom stereocenters. The number of amides is 4. The Morgan fingerprint density at radius 3 is 2.59 bits per heavy atom. The van der Waals surface area contributed by atoms with Gasteiger partial charge in [0.2, 0.25) is 5.91 Å². The molecule has 27 heavy (non-hydrogen) atoms. The second kappa shape index (κ2) is 7.19. The van der Waals surface area contributed by atoms with Gasteiger partial charge in [0.1, 0.15) is 6.54 Å². The SMILES string of the molecule is O=C1CN(c2ccc(C(=O)N3CCCC[C@@H]3c3cccnc3)cc2)C(=O)N1. The summed E-state index contributed by atoms with van der Waals surface area (Å²) in [5.41, 5.74) is 2.22. The number of piperidine rings is 1. The summed E-state index contributed by atoms with van der Waals surface area (Å²) in [5, 5.41) is 2.25. The molecule has 1 N–H and O–H groups in total. The van der Waals surface area contributed by atoms with Gasteiger partial charge in [0.15, 0.2) is 0 Å². The molecule has 0 radical (unpaired) electrons. The predicted octanol–water partition coefficient (Wildman–Crippen LogP) is 2.51. The minimum absolute atomic E-state index is 0.00132. The van der Waals surface area contributed by atoms with Gasteiger partial charge in [0.05, 0.1) is 6.04 Å². The molecule has 1 aromatic heterocycles. The first-order chi connectivity index (χ1) is 13.1. The molecule has 4 rings (SSSR count). The van der Waals surface area contributed by atoms with Gasteiger partial charge >= 0.3 is 6.03 Å². The van der Waals surface area contributed by atoms with E-state index >= 15 is 0 Å². The summed E-state index contributed by atoms with van der Waals surface area (Å²) in [6.07, 6.45) is 6.54. The number of likely N-dealkylation sites (tertiary alicyclic amines) is 1. The highest BCUT2D eigenvalue weighted by atomic mass is 16.2. The van der Waals surface area contributed by atoms with E-state index in [9.17, 15) is 14.4 Å². The summed E-state index contributed by atoms with van der Waals surface area (Å²) in [5.74, 6) is -0.357. The Morgan fingerprint density at radius 1 is 1.11 bits per heavy atom. The predicted molar refractivity (Wildman–Crippen MR) is 99.2 cm³/mol. The molecule has 7 nitrogen and oxygen atoms in total. The van der Waals surface area contributed by atoms with Crippen molar-refractivity contribution in [1.29, 1.82) is 0 Å². The fourth-order valence-electron chi connectivity index (χ4n) is 3.69. The van der Waals surface area contributed by atoms with Crippen LogP contribution in [-0.4, -0.2) is 40.8 Å². The Labute approximate surface area is 157 Å². The molecule has 2 fully saturated rings. The minimum atomic E-state index is -0.438. The van der Waals surface area contributed by atoms with Gasteiger partial charge in [-0.15, -0.1) is 0 Å². The molecule has 2 saturated heterocycles. The molecule has 0 spiro atoms. The van der Waals surface area contributed by atoms with Crippen molar-refractivity contribution in [3.8, 4) is 0 Å². The first-order valence-electron chi connectivity index (χ1n) is 9.06. The number of pyridine rings is 1. The highest BCUT2D eigenvalue weighted by Crippen LogP contribution is 2.32. The number of carbonyl (C=O) groups is 3. The number of hydrogen-bond acceptors (Lipinski definition) is 4. The van der Waals surface area contributed by atoms with Crippen LogP contribution in [0.25, 0.3) is 0 Å². The molecule has 2 aliphatic heterocycles. The van der Waals surface area contributed by atoms with Crippen molar-refractivity contribution in [2.45, 2.75) is 25.3 Å². The average molecular weight is 364 g/mol. The van der Waals surface area contributed by atoms with E-state index in [4.69, 9.17) is 0 Å². The van der Waals surface area contributed by atoms with E-state index in [1.54, 1.807) is 30.5 Å². The number of carbonyl (C=O) groups excluding carboxylic acids is 3. The average Bonchev–Trinajstić information content (AvgIpc) is 3.06. The van der Waals surface area contributed by atoms with Gasteiger partial charge in [-0.05, 0) is 55.2 Å². The number of anilines is 1. The van der Waals surface area contributed by atoms with E-state index < -0.39 is 6.03 Å². The molecule has 2 aromatic rings. The van der Waals surface area contributed by atoms with Crippen LogP contribution in [0.15, 0.2) is 48.8 Å². The quantitative estimate of drug-likeness (QED) is 0.849. The van der Waals surface area contributed by atoms with Crippen LogP contribution in [0.5, 0.6) is 0 Å². The van der Waals surface area contributed by atoms with Crippen molar-refractivity contribution >= 4 is 23.5 Å². The number of rotatable bonds is 3. The summed E-state index contributed by atoms with van der Waals surface area (Å²) in [6.45, 7) is 0.713. The number of benzene rings is 1. The standard InChI is InChI=1S/C20H20N4O3/c25-18-13-24(20(27)22-18)16-8-6-14(7-9-16)19(26)23-11-2-1-5-17(23)15-4-3-10-21-12-15/h3-4,6-10,12,17H,1-2,5,11,13H2,(H,22,25,27)/t17-/m1/s1. The molecule has 138 valence electrons. The Kier molecular flexibility index (Phi) is 4.58. The number of nitrogens with zero attached hydrogens (tertiary/aromatic N) is 3. The number of imide groups is 1. The molecule has 1 aromatic carbocycles. The molecule has 4 amide bonds. The Hall–Kier alpha value is -3.22. The summed E-state index contributed by atoms with van der Waals surface area (Å²) in [7, 11) is 0. The maximum Gasteiger partial charge on any atom is 0.329 e. The largest absolute Gasteiger partial charge is 0.332 e. The maximum atomic E-state index is 13.1. The zero-order chi connectivity index (χ0) is 18.8. The highest BCUT2D eigenvalue weighted by Gasteiger charge is 2.30. The normalized spacial score (nSPS) is 19.9. The van der Waals surface area contributed by atoms with E-state index in [0.29, 0.717) is 17.8 Å². The van der Waals surface area contributed by atoms with Crippen LogP contribution in [0, 0.1) is 0 Å². The third-order valence-corrected chi connectivity index (χ3v) is 5.05. The smallest absolute Gasteiger partial charge is 0.329 e. The second-order valence-electron chi connectivity index (χ2n) is 6.78. The van der Waals surface area contributed by atoms with Crippen molar-refractivity contribution < 1.29 is 14.4 Å². The van der Waals surface area contributed by atoms with Crippen LogP contribution in [0.3, 0.4) is 0 Å². The summed E-state index contributed by atoms with van der Waals surface area (Å²) in [6, 6.07) is 10.3. The zero-order valence-corrected chi connectivity index (χ0v) is 14.8. The molecule has 0 aliphatic carbocycles. The number of nitrogens with one attached hydrogen (secondary N) is 1. The van der Waals surface area contributed by atoms with Crippen molar-refractivity contribution in [3.05, 3.63) is 59.9 Å². The fourth-order valence-corrected chi connectivity index (χ4v) is 3.69. The number of aromatic nitrogens is 1. The van der Waals surface area contributed by atoms with Crippen LogP contribution >= 0.6 is 0 Å². The highest BCUT2D eigenvalue weighted by molar-refractivity contribution is 6.12. The first kappa shape index (κ1) is 17.2. The van der Waals surface area contributed by atoms with Gasteiger partial charge in [0.25, 0.3) is 5.91 Å². The third kappa shape index (κ3) is 3.40. The lowest BCUT2D eigenvalue weighted by Crippen LogP contribution is -2.38. The minimum Gasteiger partial charge on any atom is -0.332 e. The van der Waals surface area contributed by atoms with Crippen molar-refractivity contribution in [3.63, 3.8) is 0 Å². The first-order valence-corrected chi connectivity index (χ1v) is 9.06. The summed E-state index contributed by atoms with van der Waals surface area (Å²) < 4.78 is 0. The second-order valence-corrected chi connectivity index (χ2v) is 6.78. The fraction of sp³-hybridized carbons (Fsp3) is 0.300. The Morgan fingerprint density at radius 2 is 1.93 bits per heavy atom. The van der Waals surface area contributed by atoms with Crippen LogP contribution in [0.2, 0.25) is 0 Å². The molecule has 0 saturated carbocycles.